The van der Waals surface area contributed by atoms with E-state index in [-0.39, 0.29) is 30.5 Å². The van der Waals surface area contributed by atoms with Crippen LogP contribution in [0.4, 0.5) is 18.9 Å². The fourth-order valence-corrected chi connectivity index (χ4v) is 4.39. The lowest BCUT2D eigenvalue weighted by atomic mass is 10.2. The molecule has 2 aromatic carbocycles. The number of carbonyl (C=O) groups excluding carboxylic acids is 1. The second-order valence-corrected chi connectivity index (χ2v) is 8.98. The molecular formula is C21H22F3N3O5S. The van der Waals surface area contributed by atoms with Gasteiger partial charge in [-0.3, -0.25) is 15.1 Å². The largest absolute Gasteiger partial charge is 0.573 e. The maximum absolute atomic E-state index is 12.7. The van der Waals surface area contributed by atoms with Gasteiger partial charge in [-0.2, -0.15) is 4.31 Å². The van der Waals surface area contributed by atoms with Crippen LogP contribution in [0.1, 0.15) is 6.42 Å². The van der Waals surface area contributed by atoms with Crippen LogP contribution >= 0.6 is 0 Å². The lowest BCUT2D eigenvalue weighted by molar-refractivity contribution is -0.274. The van der Waals surface area contributed by atoms with Crippen molar-refractivity contribution in [2.24, 2.45) is 0 Å². The monoisotopic (exact) mass is 485 g/mol. The highest BCUT2D eigenvalue weighted by atomic mass is 32.2. The highest BCUT2D eigenvalue weighted by molar-refractivity contribution is 7.89. The molecule has 1 amide bonds. The quantitative estimate of drug-likeness (QED) is 0.579. The van der Waals surface area contributed by atoms with Gasteiger partial charge in [0.25, 0.3) is 5.91 Å². The Morgan fingerprint density at radius 1 is 1.12 bits per heavy atom. The van der Waals surface area contributed by atoms with Crippen LogP contribution in [0.2, 0.25) is 0 Å². The second-order valence-electron chi connectivity index (χ2n) is 7.04. The predicted octanol–water partition coefficient (Wildman–Crippen LogP) is 3.05. The van der Waals surface area contributed by atoms with Crippen molar-refractivity contribution in [2.45, 2.75) is 17.7 Å². The molecule has 3 rings (SSSR count). The van der Waals surface area contributed by atoms with E-state index in [1.54, 1.807) is 25.3 Å². The van der Waals surface area contributed by atoms with E-state index >= 15 is 0 Å². The van der Waals surface area contributed by atoms with Crippen LogP contribution in [-0.4, -0.2) is 51.7 Å². The number of benzene rings is 2. The van der Waals surface area contributed by atoms with Crippen molar-refractivity contribution < 1.29 is 36.0 Å². The van der Waals surface area contributed by atoms with Gasteiger partial charge in [-0.15, -0.1) is 13.2 Å². The molecule has 0 unspecified atom stereocenters. The Balaban J connectivity index is 1.51. The lowest BCUT2D eigenvalue weighted by Crippen LogP contribution is -2.37. The molecule has 33 heavy (non-hydrogen) atoms. The predicted molar refractivity (Wildman–Crippen MR) is 114 cm³/mol. The van der Waals surface area contributed by atoms with E-state index < -0.39 is 22.1 Å². The summed E-state index contributed by atoms with van der Waals surface area (Å²) in [4.78, 5) is 18.8. The molecule has 0 aliphatic carbocycles. The zero-order valence-electron chi connectivity index (χ0n) is 17.6. The summed E-state index contributed by atoms with van der Waals surface area (Å²) in [6.45, 7) is -0.0625. The van der Waals surface area contributed by atoms with Gasteiger partial charge in [0.05, 0.1) is 4.90 Å². The first-order valence-corrected chi connectivity index (χ1v) is 11.2. The van der Waals surface area contributed by atoms with Gasteiger partial charge in [-0.25, -0.2) is 8.42 Å². The molecule has 1 heterocycles. The van der Waals surface area contributed by atoms with Gasteiger partial charge in [0.2, 0.25) is 10.0 Å². The van der Waals surface area contributed by atoms with Crippen molar-refractivity contribution in [3.8, 4) is 5.75 Å². The van der Waals surface area contributed by atoms with E-state index in [9.17, 15) is 26.4 Å². The Morgan fingerprint density at radius 3 is 2.36 bits per heavy atom. The second kappa shape index (κ2) is 10.2. The van der Waals surface area contributed by atoms with Gasteiger partial charge < -0.3 is 9.64 Å². The van der Waals surface area contributed by atoms with Crippen LogP contribution in [0, 0.1) is 0 Å². The number of amides is 1. The number of halogens is 3. The molecule has 2 aromatic rings. The summed E-state index contributed by atoms with van der Waals surface area (Å²) in [5, 5.41) is 0. The molecule has 0 saturated carbocycles. The van der Waals surface area contributed by atoms with Crippen LogP contribution in [0.5, 0.6) is 5.75 Å². The molecule has 1 aliphatic rings. The molecule has 0 aromatic heterocycles. The van der Waals surface area contributed by atoms with Gasteiger partial charge in [-0.05, 0) is 42.5 Å². The zero-order chi connectivity index (χ0) is 24.1. The maximum atomic E-state index is 12.7. The Hall–Kier alpha value is -3.09. The first-order valence-electron chi connectivity index (χ1n) is 9.81. The van der Waals surface area contributed by atoms with Gasteiger partial charge in [0, 0.05) is 37.9 Å². The number of para-hydroxylation sites is 1. The van der Waals surface area contributed by atoms with Crippen molar-refractivity contribution >= 4 is 21.6 Å². The molecule has 0 spiro atoms. The first-order chi connectivity index (χ1) is 15.6. The average molecular weight is 485 g/mol. The van der Waals surface area contributed by atoms with E-state index in [0.29, 0.717) is 12.1 Å². The number of likely N-dealkylation sites (N-methyl/N-ethyl adjacent to an activating group) is 1. The van der Waals surface area contributed by atoms with Gasteiger partial charge in [0.15, 0.2) is 6.61 Å². The minimum absolute atomic E-state index is 0.0344. The first kappa shape index (κ1) is 24.6. The number of nitrogens with zero attached hydrogens (tertiary/aromatic N) is 2. The third kappa shape index (κ3) is 6.70. The topological polar surface area (TPSA) is 88.2 Å². The molecule has 0 fully saturated rings. The number of nitrogens with one attached hydrogen (secondary N) is 1. The molecular weight excluding hydrogens is 463 g/mol. The molecule has 8 nitrogen and oxygen atoms in total. The van der Waals surface area contributed by atoms with E-state index in [1.807, 2.05) is 18.2 Å². The number of hydrogen-bond acceptors (Lipinski definition) is 6. The van der Waals surface area contributed by atoms with Crippen molar-refractivity contribution in [3.63, 3.8) is 0 Å². The molecule has 12 heteroatoms. The molecule has 0 bridgehead atoms. The van der Waals surface area contributed by atoms with Crippen LogP contribution in [0.25, 0.3) is 0 Å². The summed E-state index contributed by atoms with van der Waals surface area (Å²) in [6.07, 6.45) is -2.95. The third-order valence-electron chi connectivity index (χ3n) is 4.78. The van der Waals surface area contributed by atoms with Crippen molar-refractivity contribution in [1.82, 2.24) is 9.79 Å². The van der Waals surface area contributed by atoms with Gasteiger partial charge >= 0.3 is 6.36 Å². The lowest BCUT2D eigenvalue weighted by Gasteiger charge is -2.26. The van der Waals surface area contributed by atoms with Crippen molar-refractivity contribution in [2.75, 3.05) is 31.6 Å². The van der Waals surface area contributed by atoms with Gasteiger partial charge in [-0.1, -0.05) is 18.2 Å². The average Bonchev–Trinajstić information content (AvgIpc) is 2.78. The number of sulfonamides is 1. The number of rotatable bonds is 8. The normalized spacial score (nSPS) is 15.0. The smallest absolute Gasteiger partial charge is 0.406 e. The summed E-state index contributed by atoms with van der Waals surface area (Å²) in [5.41, 5.74) is 4.01. The summed E-state index contributed by atoms with van der Waals surface area (Å²) >= 11 is 0. The molecule has 0 radical (unpaired) electrons. The molecule has 0 saturated heterocycles. The van der Waals surface area contributed by atoms with E-state index in [4.69, 9.17) is 4.84 Å². The third-order valence-corrected chi connectivity index (χ3v) is 6.66. The molecule has 178 valence electrons. The number of hydrogen-bond donors (Lipinski definition) is 1. The highest BCUT2D eigenvalue weighted by Gasteiger charge is 2.31. The summed E-state index contributed by atoms with van der Waals surface area (Å²) in [5.74, 6) is -0.775. The van der Waals surface area contributed by atoms with E-state index in [2.05, 4.69) is 10.2 Å². The zero-order valence-corrected chi connectivity index (χ0v) is 18.4. The number of ether oxygens (including phenoxy) is 1. The van der Waals surface area contributed by atoms with E-state index in [0.717, 1.165) is 30.0 Å². The summed E-state index contributed by atoms with van der Waals surface area (Å²) in [7, 11) is -2.27. The fraction of sp³-hybridized carbons (Fsp3) is 0.286. The van der Waals surface area contributed by atoms with Crippen LogP contribution in [0.3, 0.4) is 0 Å². The van der Waals surface area contributed by atoms with Crippen LogP contribution in [-0.2, 0) is 19.7 Å². The number of anilines is 1. The SMILES string of the molecule is CN(C(=O)CONC1=CCN(S(=O)(=O)c2ccc(OC(F)(F)F)cc2)CC1)c1ccccc1. The fourth-order valence-electron chi connectivity index (χ4n) is 3.01. The van der Waals surface area contributed by atoms with Crippen LogP contribution in [0.15, 0.2) is 71.3 Å². The van der Waals surface area contributed by atoms with Crippen molar-refractivity contribution in [1.29, 1.82) is 0 Å². The molecule has 1 aliphatic heterocycles. The number of carbonyl (C=O) groups is 1. The number of alkyl halides is 3. The van der Waals surface area contributed by atoms with Gasteiger partial charge in [0.1, 0.15) is 5.75 Å². The van der Waals surface area contributed by atoms with Crippen LogP contribution < -0.4 is 15.1 Å². The Bertz CT molecular complexity index is 1090. The highest BCUT2D eigenvalue weighted by Crippen LogP contribution is 2.26. The summed E-state index contributed by atoms with van der Waals surface area (Å²) in [6, 6.07) is 13.1. The maximum Gasteiger partial charge on any atom is 0.573 e. The Labute approximate surface area is 189 Å². The minimum Gasteiger partial charge on any atom is -0.406 e. The molecule has 0 atom stereocenters. The molecule has 1 N–H and O–H groups in total. The Morgan fingerprint density at radius 2 is 1.79 bits per heavy atom. The standard InChI is InChI=1S/C21H22F3N3O5S/c1-26(17-5-3-2-4-6-17)20(28)15-31-25-16-11-13-27(14-12-16)33(29,30)19-9-7-18(8-10-19)32-21(22,23)24/h2-11,25H,12-15H2,1H3. The van der Waals surface area contributed by atoms with E-state index in [1.165, 1.54) is 9.21 Å². The van der Waals surface area contributed by atoms with Crippen molar-refractivity contribution in [3.05, 3.63) is 66.4 Å². The minimum atomic E-state index is -4.86. The Kier molecular flexibility index (Phi) is 7.61. The summed E-state index contributed by atoms with van der Waals surface area (Å²) < 4.78 is 67.2. The number of hydroxylamine groups is 1.